The average Bonchev–Trinajstić information content (AvgIpc) is 3.00. The van der Waals surface area contributed by atoms with E-state index in [-0.39, 0.29) is 11.9 Å². The summed E-state index contributed by atoms with van der Waals surface area (Å²) in [6, 6.07) is 0.281. The number of amides is 1. The highest BCUT2D eigenvalue weighted by Gasteiger charge is 2.28. The van der Waals surface area contributed by atoms with Gasteiger partial charge in [0.25, 0.3) is 5.91 Å². The Labute approximate surface area is 168 Å². The van der Waals surface area contributed by atoms with Crippen LogP contribution in [-0.4, -0.2) is 67.3 Å². The van der Waals surface area contributed by atoms with Gasteiger partial charge in [-0.3, -0.25) is 9.69 Å². The van der Waals surface area contributed by atoms with Gasteiger partial charge in [-0.15, -0.1) is 0 Å². The van der Waals surface area contributed by atoms with Gasteiger partial charge in [-0.25, -0.2) is 4.79 Å². The first-order valence-corrected chi connectivity index (χ1v) is 10.4. The molecule has 1 aromatic rings. The Kier molecular flexibility index (Phi) is 8.51. The third kappa shape index (κ3) is 5.14. The molecule has 2 N–H and O–H groups in total. The summed E-state index contributed by atoms with van der Waals surface area (Å²) >= 11 is 0. The Morgan fingerprint density at radius 1 is 1.18 bits per heavy atom. The van der Waals surface area contributed by atoms with E-state index in [1.807, 2.05) is 0 Å². The van der Waals surface area contributed by atoms with Gasteiger partial charge in [-0.1, -0.05) is 26.7 Å². The molecule has 7 nitrogen and oxygen atoms in total. The Bertz CT molecular complexity index is 661. The fraction of sp³-hybridized carbons (Fsp3) is 0.714. The number of H-pyrrole nitrogens is 1. The molecule has 1 fully saturated rings. The van der Waals surface area contributed by atoms with E-state index in [2.05, 4.69) is 29.0 Å². The van der Waals surface area contributed by atoms with Crippen LogP contribution in [0.2, 0.25) is 0 Å². The third-order valence-electron chi connectivity index (χ3n) is 5.72. The van der Waals surface area contributed by atoms with E-state index in [4.69, 9.17) is 9.47 Å². The second kappa shape index (κ2) is 10.6. The van der Waals surface area contributed by atoms with Gasteiger partial charge >= 0.3 is 5.97 Å². The van der Waals surface area contributed by atoms with E-state index in [1.165, 1.54) is 0 Å². The van der Waals surface area contributed by atoms with Gasteiger partial charge in [0.15, 0.2) is 0 Å². The number of aromatic amines is 1. The van der Waals surface area contributed by atoms with Crippen LogP contribution in [-0.2, 0) is 9.47 Å². The zero-order chi connectivity index (χ0) is 20.7. The smallest absolute Gasteiger partial charge is 0.340 e. The molecule has 0 radical (unpaired) electrons. The summed E-state index contributed by atoms with van der Waals surface area (Å²) in [6.45, 7) is 13.9. The van der Waals surface area contributed by atoms with Crippen molar-refractivity contribution >= 4 is 11.9 Å². The van der Waals surface area contributed by atoms with Crippen LogP contribution in [0.1, 0.15) is 65.7 Å². The van der Waals surface area contributed by atoms with Gasteiger partial charge in [-0.05, 0) is 32.3 Å². The molecule has 2 rings (SSSR count). The molecule has 28 heavy (non-hydrogen) atoms. The van der Waals surface area contributed by atoms with Crippen molar-refractivity contribution in [3.05, 3.63) is 22.5 Å². The largest absolute Gasteiger partial charge is 0.462 e. The topological polar surface area (TPSA) is 83.7 Å². The highest BCUT2D eigenvalue weighted by atomic mass is 16.5. The highest BCUT2D eigenvalue weighted by Crippen LogP contribution is 2.21. The molecule has 0 saturated carbocycles. The van der Waals surface area contributed by atoms with Crippen LogP contribution < -0.4 is 5.32 Å². The molecule has 0 bridgehead atoms. The minimum Gasteiger partial charge on any atom is -0.462 e. The molecule has 1 unspecified atom stereocenters. The predicted octanol–water partition coefficient (Wildman–Crippen LogP) is 2.68. The van der Waals surface area contributed by atoms with Crippen LogP contribution in [0.4, 0.5) is 0 Å². The summed E-state index contributed by atoms with van der Waals surface area (Å²) in [6.07, 6.45) is 2.14. The van der Waals surface area contributed by atoms with Crippen LogP contribution in [0.15, 0.2) is 0 Å². The number of aromatic nitrogens is 1. The molecular weight excluding hydrogens is 358 g/mol. The first-order valence-electron chi connectivity index (χ1n) is 10.4. The lowest BCUT2D eigenvalue weighted by molar-refractivity contribution is 0.00190. The van der Waals surface area contributed by atoms with Crippen molar-refractivity contribution in [1.82, 2.24) is 15.2 Å². The number of rotatable bonds is 9. The molecule has 1 amide bonds. The first-order chi connectivity index (χ1) is 13.4. The van der Waals surface area contributed by atoms with Crippen LogP contribution in [0, 0.1) is 19.8 Å². The Morgan fingerprint density at radius 3 is 2.39 bits per heavy atom. The summed E-state index contributed by atoms with van der Waals surface area (Å²) < 4.78 is 10.6. The number of ether oxygens (including phenoxy) is 2. The number of carbonyl (C=O) groups is 2. The second-order valence-corrected chi connectivity index (χ2v) is 7.35. The fourth-order valence-corrected chi connectivity index (χ4v) is 4.11. The van der Waals surface area contributed by atoms with Crippen molar-refractivity contribution in [2.45, 2.75) is 53.5 Å². The van der Waals surface area contributed by atoms with Gasteiger partial charge in [0.05, 0.1) is 25.4 Å². The molecule has 1 aliphatic rings. The molecule has 0 aliphatic carbocycles. The van der Waals surface area contributed by atoms with Crippen molar-refractivity contribution < 1.29 is 19.1 Å². The van der Waals surface area contributed by atoms with Crippen molar-refractivity contribution in [3.63, 3.8) is 0 Å². The van der Waals surface area contributed by atoms with E-state index in [9.17, 15) is 9.59 Å². The maximum atomic E-state index is 12.9. The minimum absolute atomic E-state index is 0.180. The molecule has 1 atom stereocenters. The van der Waals surface area contributed by atoms with E-state index in [0.29, 0.717) is 41.6 Å². The molecule has 7 heteroatoms. The van der Waals surface area contributed by atoms with E-state index >= 15 is 0 Å². The Hall–Kier alpha value is -1.86. The first kappa shape index (κ1) is 22.4. The zero-order valence-corrected chi connectivity index (χ0v) is 17.9. The maximum Gasteiger partial charge on any atom is 0.340 e. The molecule has 0 spiro atoms. The number of morpholine rings is 1. The van der Waals surface area contributed by atoms with E-state index in [0.717, 1.165) is 39.1 Å². The lowest BCUT2D eigenvalue weighted by atomic mass is 9.92. The molecule has 158 valence electrons. The number of esters is 1. The maximum absolute atomic E-state index is 12.9. The quantitative estimate of drug-likeness (QED) is 0.630. The number of carbonyl (C=O) groups excluding carboxylic acids is 2. The number of aryl methyl sites for hydroxylation is 1. The number of nitrogens with zero attached hydrogens (tertiary/aromatic N) is 1. The molecular formula is C21H35N3O4. The molecule has 1 aliphatic heterocycles. The van der Waals surface area contributed by atoms with Crippen molar-refractivity contribution in [2.24, 2.45) is 5.92 Å². The lowest BCUT2D eigenvalue weighted by Crippen LogP contribution is -2.52. The van der Waals surface area contributed by atoms with Gasteiger partial charge in [0.1, 0.15) is 5.69 Å². The van der Waals surface area contributed by atoms with Crippen molar-refractivity contribution in [2.75, 3.05) is 39.5 Å². The molecule has 0 aromatic carbocycles. The van der Waals surface area contributed by atoms with Crippen LogP contribution >= 0.6 is 0 Å². The Balaban J connectivity index is 2.12. The lowest BCUT2D eigenvalue weighted by Gasteiger charge is -2.38. The van der Waals surface area contributed by atoms with Gasteiger partial charge in [0.2, 0.25) is 0 Å². The van der Waals surface area contributed by atoms with Crippen LogP contribution in [0.5, 0.6) is 0 Å². The summed E-state index contributed by atoms with van der Waals surface area (Å²) in [4.78, 5) is 30.5. The summed E-state index contributed by atoms with van der Waals surface area (Å²) in [5, 5.41) is 3.09. The zero-order valence-electron chi connectivity index (χ0n) is 17.9. The van der Waals surface area contributed by atoms with Crippen molar-refractivity contribution in [3.8, 4) is 0 Å². The number of hydrogen-bond acceptors (Lipinski definition) is 5. The second-order valence-electron chi connectivity index (χ2n) is 7.35. The minimum atomic E-state index is -0.393. The van der Waals surface area contributed by atoms with E-state index < -0.39 is 5.97 Å². The van der Waals surface area contributed by atoms with E-state index in [1.54, 1.807) is 20.8 Å². The highest BCUT2D eigenvalue weighted by molar-refractivity contribution is 6.00. The molecule has 1 aromatic heterocycles. The van der Waals surface area contributed by atoms with Gasteiger partial charge < -0.3 is 19.8 Å². The van der Waals surface area contributed by atoms with Crippen molar-refractivity contribution in [1.29, 1.82) is 0 Å². The normalized spacial score (nSPS) is 16.2. The van der Waals surface area contributed by atoms with Crippen LogP contribution in [0.3, 0.4) is 0 Å². The molecule has 1 saturated heterocycles. The standard InChI is InChI=1S/C21H35N3O4/c1-6-16(7-2)17(24-9-11-27-12-10-24)13-22-20(25)19-14(4)18(15(5)23-19)21(26)28-8-3/h16-17,23H,6-13H2,1-5H3,(H,22,25). The summed E-state index contributed by atoms with van der Waals surface area (Å²) in [5.74, 6) is -0.0589. The summed E-state index contributed by atoms with van der Waals surface area (Å²) in [5.41, 5.74) is 2.19. The Morgan fingerprint density at radius 2 is 1.82 bits per heavy atom. The monoisotopic (exact) mass is 393 g/mol. The fourth-order valence-electron chi connectivity index (χ4n) is 4.11. The predicted molar refractivity (Wildman–Crippen MR) is 109 cm³/mol. The number of nitrogens with one attached hydrogen (secondary N) is 2. The molecule has 2 heterocycles. The third-order valence-corrected chi connectivity index (χ3v) is 5.72. The van der Waals surface area contributed by atoms with Gasteiger partial charge in [0, 0.05) is 31.4 Å². The SMILES string of the molecule is CCOC(=O)c1c(C)[nH]c(C(=O)NCC(C(CC)CC)N2CCOCC2)c1C. The number of hydrogen-bond donors (Lipinski definition) is 2. The average molecular weight is 394 g/mol. The summed E-state index contributed by atoms with van der Waals surface area (Å²) in [7, 11) is 0. The van der Waals surface area contributed by atoms with Crippen LogP contribution in [0.25, 0.3) is 0 Å². The van der Waals surface area contributed by atoms with Gasteiger partial charge in [-0.2, -0.15) is 0 Å².